The second-order valence-electron chi connectivity index (χ2n) is 5.39. The fourth-order valence-electron chi connectivity index (χ4n) is 2.36. The smallest absolute Gasteiger partial charge is 0.160 e. The highest BCUT2D eigenvalue weighted by molar-refractivity contribution is 6.35. The molecule has 1 aliphatic rings. The Labute approximate surface area is 123 Å². The summed E-state index contributed by atoms with van der Waals surface area (Å²) in [5.74, 6) is 0.0781. The number of benzene rings is 1. The van der Waals surface area contributed by atoms with E-state index in [0.717, 1.165) is 31.7 Å². The van der Waals surface area contributed by atoms with Gasteiger partial charge in [-0.3, -0.25) is 0 Å². The normalized spacial score (nSPS) is 19.5. The van der Waals surface area contributed by atoms with Crippen LogP contribution in [0.1, 0.15) is 20.3 Å². The Morgan fingerprint density at radius 3 is 2.58 bits per heavy atom. The summed E-state index contributed by atoms with van der Waals surface area (Å²) in [4.78, 5) is 2.21. The highest BCUT2D eigenvalue weighted by atomic mass is 35.5. The lowest BCUT2D eigenvalue weighted by Crippen LogP contribution is -2.30. The van der Waals surface area contributed by atoms with Crippen LogP contribution >= 0.6 is 23.2 Å². The van der Waals surface area contributed by atoms with Crippen molar-refractivity contribution in [2.45, 2.75) is 26.3 Å². The molecular weight excluding hydrogens is 286 g/mol. The number of hydrogen-bond donors (Lipinski definition) is 1. The van der Waals surface area contributed by atoms with Crippen LogP contribution in [0.4, 0.5) is 10.1 Å². The fourth-order valence-corrected chi connectivity index (χ4v) is 2.84. The molecule has 0 bridgehead atoms. The molecule has 1 atom stereocenters. The van der Waals surface area contributed by atoms with Gasteiger partial charge in [-0.05, 0) is 31.0 Å². The summed E-state index contributed by atoms with van der Waals surface area (Å²) in [6, 6.07) is 3.81. The van der Waals surface area contributed by atoms with Crippen LogP contribution in [0.3, 0.4) is 0 Å². The Bertz CT molecular complexity index is 428. The molecular formula is C14H19Cl2FN2. The van der Waals surface area contributed by atoms with Gasteiger partial charge in [-0.1, -0.05) is 37.0 Å². The number of halogens is 3. The van der Waals surface area contributed by atoms with Crippen molar-refractivity contribution in [1.82, 2.24) is 5.32 Å². The third kappa shape index (κ3) is 3.74. The van der Waals surface area contributed by atoms with Crippen LogP contribution in [-0.2, 0) is 0 Å². The van der Waals surface area contributed by atoms with Crippen LogP contribution in [0.5, 0.6) is 0 Å². The molecule has 1 aromatic carbocycles. The lowest BCUT2D eigenvalue weighted by molar-refractivity contribution is 0.480. The SMILES string of the molecule is CC(C)NCC1CCN(c2cc(Cl)c(F)c(Cl)c2)C1. The molecule has 0 spiro atoms. The van der Waals surface area contributed by atoms with Gasteiger partial charge in [0.25, 0.3) is 0 Å². The first-order valence-corrected chi connectivity index (χ1v) is 7.36. The Morgan fingerprint density at radius 2 is 2.00 bits per heavy atom. The number of nitrogens with zero attached hydrogens (tertiary/aromatic N) is 1. The molecule has 106 valence electrons. The molecule has 1 saturated heterocycles. The van der Waals surface area contributed by atoms with E-state index in [1.165, 1.54) is 0 Å². The molecule has 2 rings (SSSR count). The Kier molecular flexibility index (Phi) is 4.93. The summed E-state index contributed by atoms with van der Waals surface area (Å²) in [6.45, 7) is 7.22. The van der Waals surface area contributed by atoms with Crippen LogP contribution in [-0.4, -0.2) is 25.7 Å². The number of anilines is 1. The van der Waals surface area contributed by atoms with E-state index in [2.05, 4.69) is 24.1 Å². The summed E-state index contributed by atoms with van der Waals surface area (Å²) < 4.78 is 13.4. The standard InChI is InChI=1S/C14H19Cl2FN2/c1-9(2)18-7-10-3-4-19(8-10)11-5-12(15)14(17)13(16)6-11/h5-6,9-10,18H,3-4,7-8H2,1-2H3. The van der Waals surface area contributed by atoms with E-state index in [9.17, 15) is 4.39 Å². The van der Waals surface area contributed by atoms with Gasteiger partial charge in [0.1, 0.15) is 0 Å². The van der Waals surface area contributed by atoms with Gasteiger partial charge in [0, 0.05) is 24.8 Å². The monoisotopic (exact) mass is 304 g/mol. The molecule has 1 aromatic rings. The van der Waals surface area contributed by atoms with Crippen molar-refractivity contribution in [3.05, 3.63) is 28.0 Å². The van der Waals surface area contributed by atoms with Crippen LogP contribution in [0.15, 0.2) is 12.1 Å². The average Bonchev–Trinajstić information content (AvgIpc) is 2.81. The quantitative estimate of drug-likeness (QED) is 0.847. The zero-order valence-electron chi connectivity index (χ0n) is 11.2. The van der Waals surface area contributed by atoms with Gasteiger partial charge in [0.05, 0.1) is 10.0 Å². The summed E-state index contributed by atoms with van der Waals surface area (Å²) in [6.07, 6.45) is 1.13. The molecule has 2 nitrogen and oxygen atoms in total. The van der Waals surface area contributed by atoms with E-state index in [1.807, 2.05) is 0 Å². The third-order valence-electron chi connectivity index (χ3n) is 3.43. The molecule has 1 fully saturated rings. The molecule has 1 unspecified atom stereocenters. The lowest BCUT2D eigenvalue weighted by atomic mass is 10.1. The highest BCUT2D eigenvalue weighted by Crippen LogP contribution is 2.32. The van der Waals surface area contributed by atoms with Gasteiger partial charge in [-0.2, -0.15) is 0 Å². The van der Waals surface area contributed by atoms with Crippen molar-refractivity contribution in [3.63, 3.8) is 0 Å². The zero-order chi connectivity index (χ0) is 14.0. The Balaban J connectivity index is 2.01. The minimum Gasteiger partial charge on any atom is -0.371 e. The van der Waals surface area contributed by atoms with Crippen molar-refractivity contribution < 1.29 is 4.39 Å². The number of nitrogens with one attached hydrogen (secondary N) is 1. The largest absolute Gasteiger partial charge is 0.371 e. The highest BCUT2D eigenvalue weighted by Gasteiger charge is 2.23. The molecule has 0 aliphatic carbocycles. The maximum Gasteiger partial charge on any atom is 0.160 e. The van der Waals surface area contributed by atoms with E-state index < -0.39 is 5.82 Å². The molecule has 0 saturated carbocycles. The molecule has 0 radical (unpaired) electrons. The maximum atomic E-state index is 13.4. The number of rotatable bonds is 4. The van der Waals surface area contributed by atoms with Crippen molar-refractivity contribution in [3.8, 4) is 0 Å². The van der Waals surface area contributed by atoms with Crippen molar-refractivity contribution in [1.29, 1.82) is 0 Å². The summed E-state index contributed by atoms with van der Waals surface area (Å²) in [5.41, 5.74) is 0.906. The van der Waals surface area contributed by atoms with Gasteiger partial charge in [0.15, 0.2) is 5.82 Å². The van der Waals surface area contributed by atoms with Crippen molar-refractivity contribution in [2.24, 2.45) is 5.92 Å². The van der Waals surface area contributed by atoms with Crippen molar-refractivity contribution >= 4 is 28.9 Å². The van der Waals surface area contributed by atoms with Crippen LogP contribution in [0.2, 0.25) is 10.0 Å². The Hall–Kier alpha value is -0.510. The minimum atomic E-state index is -0.538. The van der Waals surface area contributed by atoms with Gasteiger partial charge in [0.2, 0.25) is 0 Å². The lowest BCUT2D eigenvalue weighted by Gasteiger charge is -2.20. The van der Waals surface area contributed by atoms with Crippen LogP contribution in [0.25, 0.3) is 0 Å². The zero-order valence-corrected chi connectivity index (χ0v) is 12.7. The van der Waals surface area contributed by atoms with Gasteiger partial charge >= 0.3 is 0 Å². The number of hydrogen-bond acceptors (Lipinski definition) is 2. The second kappa shape index (κ2) is 6.29. The summed E-state index contributed by atoms with van der Waals surface area (Å²) >= 11 is 11.7. The van der Waals surface area contributed by atoms with Gasteiger partial charge in [-0.15, -0.1) is 0 Å². The van der Waals surface area contributed by atoms with Crippen molar-refractivity contribution in [2.75, 3.05) is 24.5 Å². The molecule has 1 N–H and O–H groups in total. The summed E-state index contributed by atoms with van der Waals surface area (Å²) in [5, 5.41) is 3.63. The molecule has 0 aromatic heterocycles. The van der Waals surface area contributed by atoms with Crippen LogP contribution < -0.4 is 10.2 Å². The van der Waals surface area contributed by atoms with E-state index in [-0.39, 0.29) is 10.0 Å². The van der Waals surface area contributed by atoms with E-state index >= 15 is 0 Å². The topological polar surface area (TPSA) is 15.3 Å². The molecule has 19 heavy (non-hydrogen) atoms. The molecule has 5 heteroatoms. The molecule has 1 heterocycles. The molecule has 0 amide bonds. The fraction of sp³-hybridized carbons (Fsp3) is 0.571. The van der Waals surface area contributed by atoms with E-state index in [1.54, 1.807) is 12.1 Å². The third-order valence-corrected chi connectivity index (χ3v) is 3.98. The first-order valence-electron chi connectivity index (χ1n) is 6.60. The average molecular weight is 305 g/mol. The predicted octanol–water partition coefficient (Wildman–Crippen LogP) is 3.96. The Morgan fingerprint density at radius 1 is 1.37 bits per heavy atom. The minimum absolute atomic E-state index is 0.0891. The second-order valence-corrected chi connectivity index (χ2v) is 6.20. The molecule has 1 aliphatic heterocycles. The van der Waals surface area contributed by atoms with E-state index in [4.69, 9.17) is 23.2 Å². The van der Waals surface area contributed by atoms with Gasteiger partial charge < -0.3 is 10.2 Å². The first kappa shape index (κ1) is 14.9. The van der Waals surface area contributed by atoms with E-state index in [0.29, 0.717) is 12.0 Å². The first-order chi connectivity index (χ1) is 8.97. The predicted molar refractivity (Wildman–Crippen MR) is 79.9 cm³/mol. The van der Waals surface area contributed by atoms with Crippen LogP contribution in [0, 0.1) is 11.7 Å². The van der Waals surface area contributed by atoms with Gasteiger partial charge in [-0.25, -0.2) is 4.39 Å². The summed E-state index contributed by atoms with van der Waals surface area (Å²) in [7, 11) is 0. The maximum absolute atomic E-state index is 13.4.